The van der Waals surface area contributed by atoms with Gasteiger partial charge in [0.25, 0.3) is 5.91 Å². The second-order valence-electron chi connectivity index (χ2n) is 6.95. The lowest BCUT2D eigenvalue weighted by atomic mass is 10.2. The van der Waals surface area contributed by atoms with Crippen molar-refractivity contribution in [1.82, 2.24) is 9.88 Å². The van der Waals surface area contributed by atoms with Gasteiger partial charge in [0.2, 0.25) is 5.43 Å². The van der Waals surface area contributed by atoms with Gasteiger partial charge in [0, 0.05) is 23.8 Å². The molecule has 5 heteroatoms. The van der Waals surface area contributed by atoms with Gasteiger partial charge in [-0.2, -0.15) is 0 Å². The number of nitrogens with one attached hydrogen (secondary N) is 1. The molecule has 25 heavy (non-hydrogen) atoms. The number of benzene rings is 1. The van der Waals surface area contributed by atoms with Crippen LogP contribution in [0.2, 0.25) is 0 Å². The molecule has 4 rings (SSSR count). The van der Waals surface area contributed by atoms with E-state index < -0.39 is 0 Å². The zero-order chi connectivity index (χ0) is 17.4. The Balaban J connectivity index is 1.71. The molecule has 5 nitrogen and oxygen atoms in total. The first-order valence-corrected chi connectivity index (χ1v) is 8.87. The maximum absolute atomic E-state index is 12.8. The van der Waals surface area contributed by atoms with Gasteiger partial charge in [-0.1, -0.05) is 30.3 Å². The first-order chi connectivity index (χ1) is 12.1. The summed E-state index contributed by atoms with van der Waals surface area (Å²) in [4.78, 5) is 25.4. The second kappa shape index (κ2) is 6.39. The lowest BCUT2D eigenvalue weighted by Gasteiger charge is -2.19. The highest BCUT2D eigenvalue weighted by Gasteiger charge is 2.33. The summed E-state index contributed by atoms with van der Waals surface area (Å²) in [7, 11) is 0. The molecule has 1 aromatic heterocycles. The van der Waals surface area contributed by atoms with Crippen LogP contribution in [0.5, 0.6) is 5.75 Å². The van der Waals surface area contributed by atoms with Crippen LogP contribution in [-0.2, 0) is 6.61 Å². The fourth-order valence-corrected chi connectivity index (χ4v) is 3.09. The fraction of sp³-hybridized carbons (Fsp3) is 0.400. The molecule has 0 radical (unpaired) electrons. The number of nitrogens with zero attached hydrogens (tertiary/aromatic N) is 1. The van der Waals surface area contributed by atoms with Crippen LogP contribution in [-0.4, -0.2) is 16.5 Å². The lowest BCUT2D eigenvalue weighted by molar-refractivity contribution is 0.0934. The first kappa shape index (κ1) is 15.9. The highest BCUT2D eigenvalue weighted by molar-refractivity contribution is 5.95. The molecule has 2 aliphatic carbocycles. The Morgan fingerprint density at radius 2 is 1.92 bits per heavy atom. The molecule has 0 aliphatic heterocycles. The molecule has 0 bridgehead atoms. The highest BCUT2D eigenvalue weighted by atomic mass is 16.5. The van der Waals surface area contributed by atoms with Crippen LogP contribution < -0.4 is 15.5 Å². The van der Waals surface area contributed by atoms with Gasteiger partial charge in [-0.25, -0.2) is 0 Å². The van der Waals surface area contributed by atoms with E-state index in [2.05, 4.69) is 5.32 Å². The summed E-state index contributed by atoms with van der Waals surface area (Å²) in [5.41, 5.74) is 1.94. The highest BCUT2D eigenvalue weighted by Crippen LogP contribution is 2.38. The number of aromatic nitrogens is 1. The van der Waals surface area contributed by atoms with Gasteiger partial charge in [0.1, 0.15) is 6.61 Å². The summed E-state index contributed by atoms with van der Waals surface area (Å²) < 4.78 is 7.84. The van der Waals surface area contributed by atoms with Gasteiger partial charge < -0.3 is 14.6 Å². The van der Waals surface area contributed by atoms with Gasteiger partial charge >= 0.3 is 0 Å². The molecule has 1 aromatic carbocycles. The largest absolute Gasteiger partial charge is 0.483 e. The molecular weight excluding hydrogens is 316 g/mol. The van der Waals surface area contributed by atoms with E-state index in [1.165, 1.54) is 0 Å². The average molecular weight is 338 g/mol. The predicted octanol–water partition coefficient (Wildman–Crippen LogP) is 2.96. The number of rotatable bonds is 6. The van der Waals surface area contributed by atoms with Gasteiger partial charge in [0.05, 0.1) is 0 Å². The molecule has 2 fully saturated rings. The third-order valence-corrected chi connectivity index (χ3v) is 4.67. The summed E-state index contributed by atoms with van der Waals surface area (Å²) in [6.45, 7) is 2.15. The van der Waals surface area contributed by atoms with Crippen molar-refractivity contribution in [3.05, 3.63) is 63.6 Å². The molecule has 2 saturated carbocycles. The lowest BCUT2D eigenvalue weighted by Crippen LogP contribution is -2.32. The minimum Gasteiger partial charge on any atom is -0.483 e. The molecule has 1 heterocycles. The van der Waals surface area contributed by atoms with E-state index >= 15 is 0 Å². The third-order valence-electron chi connectivity index (χ3n) is 4.67. The van der Waals surface area contributed by atoms with Crippen molar-refractivity contribution < 1.29 is 9.53 Å². The zero-order valence-corrected chi connectivity index (χ0v) is 14.3. The van der Waals surface area contributed by atoms with Gasteiger partial charge in [0.15, 0.2) is 11.4 Å². The quantitative estimate of drug-likeness (QED) is 0.881. The minimum absolute atomic E-state index is 0.166. The monoisotopic (exact) mass is 338 g/mol. The third kappa shape index (κ3) is 3.45. The van der Waals surface area contributed by atoms with Crippen LogP contribution in [0.1, 0.15) is 53.5 Å². The summed E-state index contributed by atoms with van der Waals surface area (Å²) in [5, 5.41) is 3.01. The Morgan fingerprint density at radius 1 is 1.20 bits per heavy atom. The molecule has 2 aromatic rings. The Morgan fingerprint density at radius 3 is 2.56 bits per heavy atom. The summed E-state index contributed by atoms with van der Waals surface area (Å²) >= 11 is 0. The molecule has 0 unspecified atom stereocenters. The number of aryl methyl sites for hydroxylation is 1. The number of carbonyl (C=O) groups is 1. The topological polar surface area (TPSA) is 60.3 Å². The van der Waals surface area contributed by atoms with Crippen molar-refractivity contribution in [1.29, 1.82) is 0 Å². The normalized spacial score (nSPS) is 16.5. The molecule has 0 spiro atoms. The Hall–Kier alpha value is -2.56. The first-order valence-electron chi connectivity index (χ1n) is 8.87. The maximum atomic E-state index is 12.8. The van der Waals surface area contributed by atoms with Crippen LogP contribution >= 0.6 is 0 Å². The van der Waals surface area contributed by atoms with Crippen LogP contribution in [0, 0.1) is 6.92 Å². The van der Waals surface area contributed by atoms with Crippen LogP contribution in [0.25, 0.3) is 0 Å². The SMILES string of the molecule is Cc1cc(=O)c(OCc2ccccc2)c(C(=O)NC2CC2)n1C1CC1. The molecule has 0 atom stereocenters. The number of amides is 1. The Kier molecular flexibility index (Phi) is 4.07. The number of pyridine rings is 1. The van der Waals surface area contributed by atoms with E-state index in [-0.39, 0.29) is 29.7 Å². The van der Waals surface area contributed by atoms with E-state index in [9.17, 15) is 9.59 Å². The smallest absolute Gasteiger partial charge is 0.272 e. The fourth-order valence-electron chi connectivity index (χ4n) is 3.09. The number of carbonyl (C=O) groups excluding carboxylic acids is 1. The second-order valence-corrected chi connectivity index (χ2v) is 6.95. The molecule has 130 valence electrons. The van der Waals surface area contributed by atoms with E-state index in [1.807, 2.05) is 41.8 Å². The summed E-state index contributed by atoms with van der Waals surface area (Å²) in [6.07, 6.45) is 4.08. The van der Waals surface area contributed by atoms with Crippen molar-refractivity contribution in [2.75, 3.05) is 0 Å². The Labute approximate surface area is 146 Å². The standard InChI is InChI=1S/C20H22N2O3/c1-13-11-17(23)19(25-12-14-5-3-2-4-6-14)18(22(13)16-9-10-16)20(24)21-15-7-8-15/h2-6,11,15-16H,7-10,12H2,1H3,(H,21,24). The number of hydrogen-bond acceptors (Lipinski definition) is 3. The molecule has 0 saturated heterocycles. The van der Waals surface area contributed by atoms with Gasteiger partial charge in [-0.05, 0) is 38.2 Å². The van der Waals surface area contributed by atoms with Crippen molar-refractivity contribution in [2.45, 2.75) is 51.3 Å². The van der Waals surface area contributed by atoms with E-state index in [0.717, 1.165) is 36.9 Å². The van der Waals surface area contributed by atoms with E-state index in [4.69, 9.17) is 4.74 Å². The molecule has 1 N–H and O–H groups in total. The predicted molar refractivity (Wildman–Crippen MR) is 95.0 cm³/mol. The van der Waals surface area contributed by atoms with E-state index in [1.54, 1.807) is 6.07 Å². The minimum atomic E-state index is -0.230. The van der Waals surface area contributed by atoms with Gasteiger partial charge in [-0.15, -0.1) is 0 Å². The number of ether oxygens (including phenoxy) is 1. The Bertz CT molecular complexity index is 849. The van der Waals surface area contributed by atoms with Crippen LogP contribution in [0.4, 0.5) is 0 Å². The van der Waals surface area contributed by atoms with Gasteiger partial charge in [-0.3, -0.25) is 9.59 Å². The van der Waals surface area contributed by atoms with Crippen molar-refractivity contribution >= 4 is 5.91 Å². The molecular formula is C20H22N2O3. The van der Waals surface area contributed by atoms with Crippen LogP contribution in [0.3, 0.4) is 0 Å². The maximum Gasteiger partial charge on any atom is 0.272 e. The van der Waals surface area contributed by atoms with Crippen molar-refractivity contribution in [3.8, 4) is 5.75 Å². The number of hydrogen-bond donors (Lipinski definition) is 1. The summed E-state index contributed by atoms with van der Waals surface area (Å²) in [6, 6.07) is 11.8. The van der Waals surface area contributed by atoms with Crippen molar-refractivity contribution in [3.63, 3.8) is 0 Å². The van der Waals surface area contributed by atoms with Crippen molar-refractivity contribution in [2.24, 2.45) is 0 Å². The summed E-state index contributed by atoms with van der Waals surface area (Å²) in [5.74, 6) is -0.0298. The molecule has 2 aliphatic rings. The zero-order valence-electron chi connectivity index (χ0n) is 14.3. The van der Waals surface area contributed by atoms with E-state index in [0.29, 0.717) is 11.7 Å². The van der Waals surface area contributed by atoms with Crippen LogP contribution in [0.15, 0.2) is 41.2 Å². The average Bonchev–Trinajstić information content (AvgIpc) is 3.49. The molecule has 1 amide bonds.